The fourth-order valence-corrected chi connectivity index (χ4v) is 1.31. The summed E-state index contributed by atoms with van der Waals surface area (Å²) in [6, 6.07) is 0. The highest BCUT2D eigenvalue weighted by Crippen LogP contribution is 2.17. The molecule has 0 spiro atoms. The zero-order chi connectivity index (χ0) is 9.14. The molecule has 0 saturated carbocycles. The molecule has 4 heteroatoms. The molecule has 1 saturated heterocycles. The highest BCUT2D eigenvalue weighted by molar-refractivity contribution is 5.84. The van der Waals surface area contributed by atoms with E-state index in [9.17, 15) is 9.59 Å². The summed E-state index contributed by atoms with van der Waals surface area (Å²) in [6.45, 7) is 0.651. The topological polar surface area (TPSA) is 46.6 Å². The second kappa shape index (κ2) is 3.56. The summed E-state index contributed by atoms with van der Waals surface area (Å²) in [4.78, 5) is 23.8. The number of amides is 1. The fraction of sp³-hybridized carbons (Fsp3) is 0.750. The Morgan fingerprint density at radius 3 is 2.83 bits per heavy atom. The van der Waals surface area contributed by atoms with Crippen molar-refractivity contribution in [3.05, 3.63) is 0 Å². The third-order valence-corrected chi connectivity index (χ3v) is 2.19. The highest BCUT2D eigenvalue weighted by atomic mass is 16.5. The Morgan fingerprint density at radius 2 is 2.33 bits per heavy atom. The normalized spacial score (nSPS) is 24.0. The number of hydrogen-bond donors (Lipinski definition) is 0. The van der Waals surface area contributed by atoms with E-state index in [2.05, 4.69) is 4.74 Å². The first-order valence-electron chi connectivity index (χ1n) is 3.97. The maximum absolute atomic E-state index is 11.1. The van der Waals surface area contributed by atoms with Crippen molar-refractivity contribution in [1.82, 2.24) is 4.90 Å². The van der Waals surface area contributed by atoms with Gasteiger partial charge >= 0.3 is 5.97 Å². The SMILES string of the molecule is COC(=O)C1CCN(C)C(=O)C1. The van der Waals surface area contributed by atoms with Crippen molar-refractivity contribution < 1.29 is 14.3 Å². The third kappa shape index (κ3) is 1.75. The number of esters is 1. The molecule has 1 fully saturated rings. The molecule has 0 aliphatic carbocycles. The van der Waals surface area contributed by atoms with Crippen LogP contribution in [0.15, 0.2) is 0 Å². The average molecular weight is 171 g/mol. The van der Waals surface area contributed by atoms with Crippen molar-refractivity contribution in [3.8, 4) is 0 Å². The second-order valence-electron chi connectivity index (χ2n) is 3.03. The molecule has 1 unspecified atom stereocenters. The first kappa shape index (κ1) is 9.03. The van der Waals surface area contributed by atoms with E-state index in [1.165, 1.54) is 7.11 Å². The van der Waals surface area contributed by atoms with Crippen molar-refractivity contribution >= 4 is 11.9 Å². The summed E-state index contributed by atoms with van der Waals surface area (Å²) >= 11 is 0. The van der Waals surface area contributed by atoms with Crippen LogP contribution in [0.2, 0.25) is 0 Å². The van der Waals surface area contributed by atoms with Crippen LogP contribution < -0.4 is 0 Å². The molecule has 0 aromatic carbocycles. The minimum atomic E-state index is -0.267. The van der Waals surface area contributed by atoms with Crippen LogP contribution in [-0.2, 0) is 14.3 Å². The first-order valence-corrected chi connectivity index (χ1v) is 3.97. The number of carbonyl (C=O) groups is 2. The number of rotatable bonds is 1. The van der Waals surface area contributed by atoms with Gasteiger partial charge in [0.2, 0.25) is 5.91 Å². The van der Waals surface area contributed by atoms with Gasteiger partial charge in [0.1, 0.15) is 0 Å². The van der Waals surface area contributed by atoms with Gasteiger partial charge in [-0.25, -0.2) is 0 Å². The van der Waals surface area contributed by atoms with Crippen LogP contribution in [0.25, 0.3) is 0 Å². The number of ether oxygens (including phenoxy) is 1. The van der Waals surface area contributed by atoms with Crippen molar-refractivity contribution in [1.29, 1.82) is 0 Å². The summed E-state index contributed by atoms with van der Waals surface area (Å²) < 4.78 is 4.56. The van der Waals surface area contributed by atoms with Crippen molar-refractivity contribution in [3.63, 3.8) is 0 Å². The average Bonchev–Trinajstić information content (AvgIpc) is 2.08. The van der Waals surface area contributed by atoms with E-state index in [0.717, 1.165) is 6.42 Å². The lowest BCUT2D eigenvalue weighted by Gasteiger charge is -2.26. The van der Waals surface area contributed by atoms with Crippen LogP contribution in [0.3, 0.4) is 0 Å². The van der Waals surface area contributed by atoms with E-state index in [4.69, 9.17) is 0 Å². The number of carbonyl (C=O) groups excluding carboxylic acids is 2. The fourth-order valence-electron chi connectivity index (χ4n) is 1.31. The summed E-state index contributed by atoms with van der Waals surface area (Å²) in [5, 5.41) is 0. The minimum Gasteiger partial charge on any atom is -0.469 e. The van der Waals surface area contributed by atoms with E-state index < -0.39 is 0 Å². The Balaban J connectivity index is 2.51. The van der Waals surface area contributed by atoms with Crippen molar-refractivity contribution in [2.75, 3.05) is 20.7 Å². The molecule has 0 aromatic heterocycles. The predicted molar refractivity (Wildman–Crippen MR) is 42.4 cm³/mol. The summed E-state index contributed by atoms with van der Waals surface area (Å²) in [5.41, 5.74) is 0. The lowest BCUT2D eigenvalue weighted by atomic mass is 9.97. The Kier molecular flexibility index (Phi) is 2.68. The Bertz CT molecular complexity index is 200. The molecule has 68 valence electrons. The van der Waals surface area contributed by atoms with Gasteiger partial charge < -0.3 is 9.64 Å². The number of nitrogens with zero attached hydrogens (tertiary/aromatic N) is 1. The molecule has 1 rings (SSSR count). The van der Waals surface area contributed by atoms with E-state index in [-0.39, 0.29) is 17.8 Å². The van der Waals surface area contributed by atoms with Gasteiger partial charge in [0.15, 0.2) is 0 Å². The van der Waals surface area contributed by atoms with Crippen molar-refractivity contribution in [2.24, 2.45) is 5.92 Å². The number of likely N-dealkylation sites (tertiary alicyclic amines) is 1. The monoisotopic (exact) mass is 171 g/mol. The number of hydrogen-bond acceptors (Lipinski definition) is 3. The lowest BCUT2D eigenvalue weighted by molar-refractivity contribution is -0.151. The molecular formula is C8H13NO3. The molecule has 1 aliphatic rings. The summed E-state index contributed by atoms with van der Waals surface area (Å²) in [5.74, 6) is -0.466. The van der Waals surface area contributed by atoms with Gasteiger partial charge in [0.25, 0.3) is 0 Å². The standard InChI is InChI=1S/C8H13NO3/c1-9-4-3-6(5-7(9)10)8(11)12-2/h6H,3-5H2,1-2H3. The number of piperidine rings is 1. The van der Waals surface area contributed by atoms with Gasteiger partial charge in [0, 0.05) is 20.0 Å². The Labute approximate surface area is 71.5 Å². The van der Waals surface area contributed by atoms with Crippen molar-refractivity contribution in [2.45, 2.75) is 12.8 Å². The van der Waals surface area contributed by atoms with Crippen LogP contribution in [0.4, 0.5) is 0 Å². The molecule has 12 heavy (non-hydrogen) atoms. The maximum atomic E-state index is 11.1. The summed E-state index contributed by atoms with van der Waals surface area (Å²) in [7, 11) is 3.10. The predicted octanol–water partition coefficient (Wildman–Crippen LogP) is 0.0278. The molecule has 0 radical (unpaired) electrons. The number of methoxy groups -OCH3 is 1. The molecule has 1 atom stereocenters. The van der Waals surface area contributed by atoms with Gasteiger partial charge in [-0.3, -0.25) is 9.59 Å². The quantitative estimate of drug-likeness (QED) is 0.523. The highest BCUT2D eigenvalue weighted by Gasteiger charge is 2.28. The van der Waals surface area contributed by atoms with Crippen LogP contribution in [0.1, 0.15) is 12.8 Å². The second-order valence-corrected chi connectivity index (χ2v) is 3.03. The molecule has 1 amide bonds. The van der Waals surface area contributed by atoms with Gasteiger partial charge in [-0.05, 0) is 6.42 Å². The molecule has 0 aromatic rings. The molecule has 4 nitrogen and oxygen atoms in total. The maximum Gasteiger partial charge on any atom is 0.309 e. The first-order chi connectivity index (χ1) is 5.65. The molecule has 1 heterocycles. The van der Waals surface area contributed by atoms with Gasteiger partial charge in [-0.1, -0.05) is 0 Å². The van der Waals surface area contributed by atoms with E-state index in [0.29, 0.717) is 13.0 Å². The third-order valence-electron chi connectivity index (χ3n) is 2.19. The van der Waals surface area contributed by atoms with Gasteiger partial charge in [0.05, 0.1) is 13.0 Å². The Hall–Kier alpha value is -1.06. The summed E-state index contributed by atoms with van der Waals surface area (Å²) in [6.07, 6.45) is 1.01. The van der Waals surface area contributed by atoms with Crippen LogP contribution in [-0.4, -0.2) is 37.5 Å². The zero-order valence-corrected chi connectivity index (χ0v) is 7.37. The molecule has 0 bridgehead atoms. The molecule has 1 aliphatic heterocycles. The largest absolute Gasteiger partial charge is 0.469 e. The lowest BCUT2D eigenvalue weighted by Crippen LogP contribution is -2.38. The van der Waals surface area contributed by atoms with E-state index in [1.54, 1.807) is 11.9 Å². The van der Waals surface area contributed by atoms with Gasteiger partial charge in [-0.2, -0.15) is 0 Å². The zero-order valence-electron chi connectivity index (χ0n) is 7.37. The van der Waals surface area contributed by atoms with Crippen LogP contribution >= 0.6 is 0 Å². The van der Waals surface area contributed by atoms with Crippen LogP contribution in [0.5, 0.6) is 0 Å². The van der Waals surface area contributed by atoms with Crippen LogP contribution in [0, 0.1) is 5.92 Å². The van der Waals surface area contributed by atoms with E-state index in [1.807, 2.05) is 0 Å². The van der Waals surface area contributed by atoms with E-state index >= 15 is 0 Å². The molecule has 0 N–H and O–H groups in total. The van der Waals surface area contributed by atoms with Gasteiger partial charge in [-0.15, -0.1) is 0 Å². The smallest absolute Gasteiger partial charge is 0.309 e. The molecular weight excluding hydrogens is 158 g/mol. The minimum absolute atomic E-state index is 0.0247. The Morgan fingerprint density at radius 1 is 1.67 bits per heavy atom.